The van der Waals surface area contributed by atoms with Gasteiger partial charge in [0, 0.05) is 47.8 Å². The topological polar surface area (TPSA) is 57.3 Å². The van der Waals surface area contributed by atoms with Crippen LogP contribution in [0.4, 0.5) is 11.5 Å². The number of aromatic nitrogens is 3. The highest BCUT2D eigenvalue weighted by molar-refractivity contribution is 6.30. The first-order chi connectivity index (χ1) is 13.7. The first kappa shape index (κ1) is 17.1. The van der Waals surface area contributed by atoms with E-state index in [1.807, 2.05) is 36.4 Å². The van der Waals surface area contributed by atoms with Gasteiger partial charge in [-0.15, -0.1) is 0 Å². The molecule has 3 heterocycles. The van der Waals surface area contributed by atoms with Gasteiger partial charge < -0.3 is 19.5 Å². The number of benzene rings is 2. The first-order valence-corrected chi connectivity index (χ1v) is 9.66. The van der Waals surface area contributed by atoms with Crippen LogP contribution in [-0.2, 0) is 0 Å². The number of ether oxygens (including phenoxy) is 1. The average molecular weight is 394 g/mol. The fourth-order valence-corrected chi connectivity index (χ4v) is 4.06. The number of methoxy groups -OCH3 is 1. The molecule has 1 fully saturated rings. The van der Waals surface area contributed by atoms with Crippen LogP contribution >= 0.6 is 11.6 Å². The van der Waals surface area contributed by atoms with Gasteiger partial charge in [0.25, 0.3) is 0 Å². The van der Waals surface area contributed by atoms with Crippen LogP contribution in [-0.4, -0.2) is 48.2 Å². The molecule has 1 saturated heterocycles. The van der Waals surface area contributed by atoms with Gasteiger partial charge >= 0.3 is 0 Å². The summed E-state index contributed by atoms with van der Waals surface area (Å²) in [4.78, 5) is 17.3. The third-order valence-corrected chi connectivity index (χ3v) is 5.56. The summed E-state index contributed by atoms with van der Waals surface area (Å²) in [5.41, 5.74) is 4.10. The molecule has 142 valence electrons. The maximum absolute atomic E-state index is 6.15. The van der Waals surface area contributed by atoms with Gasteiger partial charge in [-0.3, -0.25) is 0 Å². The molecular weight excluding hydrogens is 374 g/mol. The molecule has 2 aromatic carbocycles. The number of nitrogens with one attached hydrogen (secondary N) is 1. The summed E-state index contributed by atoms with van der Waals surface area (Å²) >= 11 is 6.15. The molecule has 2 aromatic heterocycles. The van der Waals surface area contributed by atoms with Crippen molar-refractivity contribution < 1.29 is 4.74 Å². The lowest BCUT2D eigenvalue weighted by atomic mass is 10.2. The first-order valence-electron chi connectivity index (χ1n) is 9.29. The maximum Gasteiger partial charge on any atom is 0.156 e. The van der Waals surface area contributed by atoms with Crippen LogP contribution < -0.4 is 14.5 Å². The quantitative estimate of drug-likeness (QED) is 0.568. The van der Waals surface area contributed by atoms with Gasteiger partial charge in [-0.1, -0.05) is 17.7 Å². The molecule has 1 aliphatic rings. The van der Waals surface area contributed by atoms with E-state index in [2.05, 4.69) is 30.8 Å². The van der Waals surface area contributed by atoms with Crippen LogP contribution in [0.25, 0.3) is 21.9 Å². The molecule has 0 unspecified atom stereocenters. The van der Waals surface area contributed by atoms with Crippen molar-refractivity contribution in [2.75, 3.05) is 43.1 Å². The van der Waals surface area contributed by atoms with Crippen LogP contribution in [0.5, 0.6) is 5.75 Å². The van der Waals surface area contributed by atoms with Crippen molar-refractivity contribution in [2.24, 2.45) is 0 Å². The summed E-state index contributed by atoms with van der Waals surface area (Å²) in [5, 5.41) is 1.82. The maximum atomic E-state index is 6.15. The van der Waals surface area contributed by atoms with Gasteiger partial charge in [0.15, 0.2) is 5.82 Å². The third kappa shape index (κ3) is 2.90. The Kier molecular flexibility index (Phi) is 4.20. The Hall–Kier alpha value is -2.99. The van der Waals surface area contributed by atoms with E-state index in [0.29, 0.717) is 0 Å². The van der Waals surface area contributed by atoms with E-state index in [0.717, 1.165) is 70.4 Å². The summed E-state index contributed by atoms with van der Waals surface area (Å²) in [7, 11) is 1.68. The summed E-state index contributed by atoms with van der Waals surface area (Å²) < 4.78 is 5.37. The molecule has 5 rings (SSSR count). The number of fused-ring (bicyclic) bond motifs is 3. The molecule has 6 nitrogen and oxygen atoms in total. The van der Waals surface area contributed by atoms with E-state index in [-0.39, 0.29) is 0 Å². The lowest BCUT2D eigenvalue weighted by Crippen LogP contribution is -2.47. The molecule has 0 aliphatic carbocycles. The molecule has 0 amide bonds. The molecule has 0 radical (unpaired) electrons. The molecule has 1 N–H and O–H groups in total. The number of anilines is 2. The minimum absolute atomic E-state index is 0.769. The molecule has 0 saturated carbocycles. The standard InChI is InChI=1S/C21H20ClN5O/c1-28-16-5-6-18-17(12-16)19-20(25-18)21(24-13-23-19)27-9-7-26(8-10-27)15-4-2-3-14(22)11-15/h2-6,11-13,25H,7-10H2,1H3. The Morgan fingerprint density at radius 2 is 1.82 bits per heavy atom. The highest BCUT2D eigenvalue weighted by atomic mass is 35.5. The van der Waals surface area contributed by atoms with Gasteiger partial charge in [-0.2, -0.15) is 0 Å². The van der Waals surface area contributed by atoms with Crippen LogP contribution in [0.15, 0.2) is 48.8 Å². The van der Waals surface area contributed by atoms with Crippen molar-refractivity contribution >= 4 is 45.0 Å². The summed E-state index contributed by atoms with van der Waals surface area (Å²) in [5.74, 6) is 1.77. The van der Waals surface area contributed by atoms with E-state index < -0.39 is 0 Å². The average Bonchev–Trinajstić information content (AvgIpc) is 3.12. The van der Waals surface area contributed by atoms with Crippen LogP contribution in [0.2, 0.25) is 5.02 Å². The second-order valence-corrected chi connectivity index (χ2v) is 7.35. The SMILES string of the molecule is COc1ccc2[nH]c3c(N4CCN(c5cccc(Cl)c5)CC4)ncnc3c2c1. The number of hydrogen-bond donors (Lipinski definition) is 1. The zero-order chi connectivity index (χ0) is 19.1. The molecule has 4 aromatic rings. The number of piperazine rings is 1. The Labute approximate surface area is 167 Å². The number of aromatic amines is 1. The summed E-state index contributed by atoms with van der Waals surface area (Å²) in [6.07, 6.45) is 1.65. The van der Waals surface area contributed by atoms with E-state index in [1.54, 1.807) is 13.4 Å². The number of H-pyrrole nitrogens is 1. The van der Waals surface area contributed by atoms with Crippen LogP contribution in [0.3, 0.4) is 0 Å². The van der Waals surface area contributed by atoms with E-state index >= 15 is 0 Å². The zero-order valence-electron chi connectivity index (χ0n) is 15.5. The fourth-order valence-electron chi connectivity index (χ4n) is 3.87. The second kappa shape index (κ2) is 6.87. The largest absolute Gasteiger partial charge is 0.497 e. The van der Waals surface area contributed by atoms with Crippen molar-refractivity contribution in [3.63, 3.8) is 0 Å². The van der Waals surface area contributed by atoms with E-state index in [9.17, 15) is 0 Å². The monoisotopic (exact) mass is 393 g/mol. The van der Waals surface area contributed by atoms with Gasteiger partial charge in [0.2, 0.25) is 0 Å². The van der Waals surface area contributed by atoms with E-state index in [1.165, 1.54) is 0 Å². The fraction of sp³-hybridized carbons (Fsp3) is 0.238. The normalized spacial score (nSPS) is 14.8. The lowest BCUT2D eigenvalue weighted by molar-refractivity contribution is 0.415. The van der Waals surface area contributed by atoms with Crippen molar-refractivity contribution in [2.45, 2.75) is 0 Å². The minimum atomic E-state index is 0.769. The van der Waals surface area contributed by atoms with Crippen molar-refractivity contribution in [1.82, 2.24) is 15.0 Å². The molecule has 0 bridgehead atoms. The van der Waals surface area contributed by atoms with Crippen LogP contribution in [0, 0.1) is 0 Å². The molecule has 0 atom stereocenters. The molecule has 1 aliphatic heterocycles. The van der Waals surface area contributed by atoms with Gasteiger partial charge in [0.1, 0.15) is 23.1 Å². The van der Waals surface area contributed by atoms with Crippen molar-refractivity contribution in [1.29, 1.82) is 0 Å². The third-order valence-electron chi connectivity index (χ3n) is 5.32. The number of halogens is 1. The van der Waals surface area contributed by atoms with Gasteiger partial charge in [0.05, 0.1) is 7.11 Å². The lowest BCUT2D eigenvalue weighted by Gasteiger charge is -2.36. The Balaban J connectivity index is 1.45. The predicted octanol–water partition coefficient (Wildman–Crippen LogP) is 4.10. The highest BCUT2D eigenvalue weighted by Gasteiger charge is 2.22. The predicted molar refractivity (Wildman–Crippen MR) is 114 cm³/mol. The number of hydrogen-bond acceptors (Lipinski definition) is 5. The van der Waals surface area contributed by atoms with Gasteiger partial charge in [-0.25, -0.2) is 9.97 Å². The van der Waals surface area contributed by atoms with Crippen molar-refractivity contribution in [3.05, 3.63) is 53.8 Å². The summed E-state index contributed by atoms with van der Waals surface area (Å²) in [6, 6.07) is 14.0. The second-order valence-electron chi connectivity index (χ2n) is 6.91. The highest BCUT2D eigenvalue weighted by Crippen LogP contribution is 2.32. The van der Waals surface area contributed by atoms with Gasteiger partial charge in [-0.05, 0) is 36.4 Å². The number of nitrogens with zero attached hydrogens (tertiary/aromatic N) is 4. The number of rotatable bonds is 3. The van der Waals surface area contributed by atoms with Crippen molar-refractivity contribution in [3.8, 4) is 5.75 Å². The van der Waals surface area contributed by atoms with Crippen LogP contribution in [0.1, 0.15) is 0 Å². The molecule has 28 heavy (non-hydrogen) atoms. The molecular formula is C21H20ClN5O. The Morgan fingerprint density at radius 3 is 2.61 bits per heavy atom. The van der Waals surface area contributed by atoms with E-state index in [4.69, 9.17) is 16.3 Å². The molecule has 7 heteroatoms. The molecule has 0 spiro atoms. The zero-order valence-corrected chi connectivity index (χ0v) is 16.3. The minimum Gasteiger partial charge on any atom is -0.497 e. The Morgan fingerprint density at radius 1 is 1.00 bits per heavy atom. The smallest absolute Gasteiger partial charge is 0.156 e. The summed E-state index contributed by atoms with van der Waals surface area (Å²) in [6.45, 7) is 3.61. The Bertz CT molecular complexity index is 1150.